The van der Waals surface area contributed by atoms with Gasteiger partial charge in [-0.3, -0.25) is 5.32 Å². The molecular formula is C51H43N3S. The van der Waals surface area contributed by atoms with Gasteiger partial charge >= 0.3 is 0 Å². The molecule has 3 N–H and O–H groups in total. The molecule has 4 atom stereocenters. The Hall–Kier alpha value is -5.55. The van der Waals surface area contributed by atoms with Crippen LogP contribution < -0.4 is 16.0 Å². The van der Waals surface area contributed by atoms with Gasteiger partial charge in [0.2, 0.25) is 0 Å². The van der Waals surface area contributed by atoms with Crippen LogP contribution >= 0.6 is 11.8 Å². The molecule has 2 heterocycles. The van der Waals surface area contributed by atoms with E-state index in [2.05, 4.69) is 188 Å². The summed E-state index contributed by atoms with van der Waals surface area (Å²) in [6.07, 6.45) is 3.36. The number of hydrogen-bond donors (Lipinski definition) is 3. The highest BCUT2D eigenvalue weighted by Crippen LogP contribution is 2.52. The summed E-state index contributed by atoms with van der Waals surface area (Å²) in [5.74, 6) is 0.497. The number of rotatable bonds is 4. The van der Waals surface area contributed by atoms with Gasteiger partial charge in [0.05, 0.1) is 11.7 Å². The molecular weight excluding hydrogens is 687 g/mol. The lowest BCUT2D eigenvalue weighted by Crippen LogP contribution is -2.39. The molecule has 11 rings (SSSR count). The maximum atomic E-state index is 4.04. The van der Waals surface area contributed by atoms with Crippen LogP contribution in [-0.2, 0) is 11.8 Å². The Bertz CT molecular complexity index is 2760. The van der Waals surface area contributed by atoms with Crippen LogP contribution in [-0.4, -0.2) is 0 Å². The van der Waals surface area contributed by atoms with E-state index in [1.54, 1.807) is 0 Å². The average Bonchev–Trinajstić information content (AvgIpc) is 3.78. The molecule has 0 spiro atoms. The Morgan fingerprint density at radius 1 is 0.618 bits per heavy atom. The first kappa shape index (κ1) is 32.8. The molecule has 55 heavy (non-hydrogen) atoms. The van der Waals surface area contributed by atoms with Gasteiger partial charge in [0.15, 0.2) is 0 Å². The first-order valence-electron chi connectivity index (χ1n) is 19.7. The molecule has 268 valence electrons. The molecule has 3 nitrogen and oxygen atoms in total. The van der Waals surface area contributed by atoms with E-state index in [0.29, 0.717) is 5.92 Å². The van der Waals surface area contributed by atoms with Gasteiger partial charge in [-0.1, -0.05) is 166 Å². The average molecular weight is 730 g/mol. The molecule has 4 heteroatoms. The fourth-order valence-corrected chi connectivity index (χ4v) is 11.0. The van der Waals surface area contributed by atoms with E-state index in [9.17, 15) is 0 Å². The molecule has 0 saturated carbocycles. The van der Waals surface area contributed by atoms with Crippen LogP contribution in [0.3, 0.4) is 0 Å². The van der Waals surface area contributed by atoms with Crippen molar-refractivity contribution >= 4 is 44.7 Å². The largest absolute Gasteiger partial charge is 0.368 e. The number of nitrogens with one attached hydrogen (secondary N) is 3. The fraction of sp³-hybridized carbons (Fsp3) is 0.176. The first-order valence-corrected chi connectivity index (χ1v) is 20.5. The zero-order chi connectivity index (χ0) is 36.8. The van der Waals surface area contributed by atoms with E-state index in [4.69, 9.17) is 0 Å². The van der Waals surface area contributed by atoms with Crippen molar-refractivity contribution in [1.29, 1.82) is 0 Å². The summed E-state index contributed by atoms with van der Waals surface area (Å²) in [5.41, 5.74) is 15.8. The minimum absolute atomic E-state index is 0.0144. The SMILES string of the molecule is CC1Cc2ccc3cc(C4NC(c5ccc6ccccc6c5)=CC(c5ccc6c(c5)C(C)(C)c5ccccc5-6)N4)ccc3c2C2=C1SC(c1ccccc1)N2. The number of fused-ring (bicyclic) bond motifs is 8. The van der Waals surface area contributed by atoms with Gasteiger partial charge in [0, 0.05) is 21.6 Å². The second kappa shape index (κ2) is 12.5. The van der Waals surface area contributed by atoms with Crippen LogP contribution in [0.4, 0.5) is 0 Å². The summed E-state index contributed by atoms with van der Waals surface area (Å²) in [5, 5.41) is 17.3. The Labute approximate surface area is 327 Å². The summed E-state index contributed by atoms with van der Waals surface area (Å²) in [4.78, 5) is 1.49. The Balaban J connectivity index is 0.985. The lowest BCUT2D eigenvalue weighted by molar-refractivity contribution is 0.442. The molecule has 2 aliphatic carbocycles. The normalized spacial score (nSPS) is 22.0. The van der Waals surface area contributed by atoms with Crippen LogP contribution in [0, 0.1) is 5.92 Å². The molecule has 0 bridgehead atoms. The smallest absolute Gasteiger partial charge is 0.104 e. The minimum Gasteiger partial charge on any atom is -0.368 e. The van der Waals surface area contributed by atoms with Gasteiger partial charge in [-0.25, -0.2) is 0 Å². The predicted molar refractivity (Wildman–Crippen MR) is 231 cm³/mol. The van der Waals surface area contributed by atoms with Crippen molar-refractivity contribution < 1.29 is 0 Å². The van der Waals surface area contributed by atoms with Gasteiger partial charge in [-0.15, -0.1) is 0 Å². The third-order valence-corrected chi connectivity index (χ3v) is 14.0. The van der Waals surface area contributed by atoms with Crippen LogP contribution in [0.5, 0.6) is 0 Å². The van der Waals surface area contributed by atoms with Gasteiger partial charge < -0.3 is 10.6 Å². The molecule has 0 radical (unpaired) electrons. The number of allylic oxidation sites excluding steroid dienone is 1. The number of benzene rings is 7. The van der Waals surface area contributed by atoms with Crippen molar-refractivity contribution in [1.82, 2.24) is 16.0 Å². The Morgan fingerprint density at radius 2 is 1.38 bits per heavy atom. The van der Waals surface area contributed by atoms with Gasteiger partial charge in [0.1, 0.15) is 11.5 Å². The summed E-state index contributed by atoms with van der Waals surface area (Å²) >= 11 is 2.00. The molecule has 0 aromatic heterocycles. The van der Waals surface area contributed by atoms with Crippen LogP contribution in [0.1, 0.15) is 82.9 Å². The van der Waals surface area contributed by atoms with E-state index in [0.717, 1.165) is 12.1 Å². The topological polar surface area (TPSA) is 36.1 Å². The molecule has 2 aliphatic heterocycles. The van der Waals surface area contributed by atoms with E-state index in [1.165, 1.54) is 87.8 Å². The number of thioether (sulfide) groups is 1. The molecule has 7 aromatic rings. The summed E-state index contributed by atoms with van der Waals surface area (Å²) < 4.78 is 0. The summed E-state index contributed by atoms with van der Waals surface area (Å²) in [6, 6.07) is 54.2. The van der Waals surface area contributed by atoms with Gasteiger partial charge in [0.25, 0.3) is 0 Å². The second-order valence-corrected chi connectivity index (χ2v) is 17.5. The summed E-state index contributed by atoms with van der Waals surface area (Å²) in [6.45, 7) is 7.11. The standard InChI is InChI=1S/C51H43N3S/c1-30-25-37-20-18-34-27-38(22-23-39(34)46(37)47-48(30)55-50(54-47)32-12-5-4-6-13-32)49-52-44(35-19-17-31-11-7-8-14-33(31)26-35)29-45(53-49)36-21-24-41-40-15-9-10-16-42(40)51(2,3)43(41)28-36/h4-24,26-30,45,49-50,52-54H,25H2,1-3H3. The Morgan fingerprint density at radius 3 is 2.27 bits per heavy atom. The third-order valence-electron chi connectivity index (χ3n) is 12.6. The second-order valence-electron chi connectivity index (χ2n) is 16.3. The molecule has 4 aliphatic rings. The zero-order valence-electron chi connectivity index (χ0n) is 31.4. The molecule has 7 aromatic carbocycles. The quantitative estimate of drug-likeness (QED) is 0.169. The lowest BCUT2D eigenvalue weighted by atomic mass is 9.81. The van der Waals surface area contributed by atoms with Gasteiger partial charge in [-0.2, -0.15) is 0 Å². The third kappa shape index (κ3) is 5.30. The van der Waals surface area contributed by atoms with Crippen LogP contribution in [0.25, 0.3) is 44.1 Å². The van der Waals surface area contributed by atoms with Crippen molar-refractivity contribution in [2.75, 3.05) is 0 Å². The van der Waals surface area contributed by atoms with E-state index >= 15 is 0 Å². The molecule has 0 fully saturated rings. The first-order chi connectivity index (χ1) is 26.9. The van der Waals surface area contributed by atoms with Crippen LogP contribution in [0.15, 0.2) is 157 Å². The van der Waals surface area contributed by atoms with Crippen molar-refractivity contribution in [2.45, 2.75) is 50.2 Å². The zero-order valence-corrected chi connectivity index (χ0v) is 32.2. The summed E-state index contributed by atoms with van der Waals surface area (Å²) in [7, 11) is 0. The van der Waals surface area contributed by atoms with Gasteiger partial charge in [-0.05, 0) is 102 Å². The van der Waals surface area contributed by atoms with Crippen molar-refractivity contribution in [3.8, 4) is 11.1 Å². The predicted octanol–water partition coefficient (Wildman–Crippen LogP) is 12.2. The highest BCUT2D eigenvalue weighted by atomic mass is 32.2. The lowest BCUT2D eigenvalue weighted by Gasteiger charge is -2.34. The highest BCUT2D eigenvalue weighted by molar-refractivity contribution is 8.03. The molecule has 0 amide bonds. The molecule has 0 saturated heterocycles. The van der Waals surface area contributed by atoms with E-state index in [-0.39, 0.29) is 23.0 Å². The molecule has 4 unspecified atom stereocenters. The Kier molecular flexibility index (Phi) is 7.46. The van der Waals surface area contributed by atoms with E-state index in [1.807, 2.05) is 11.8 Å². The fourth-order valence-electron chi connectivity index (χ4n) is 9.68. The monoisotopic (exact) mass is 729 g/mol. The highest BCUT2D eigenvalue weighted by Gasteiger charge is 2.37. The van der Waals surface area contributed by atoms with Crippen molar-refractivity contribution in [3.63, 3.8) is 0 Å². The maximum Gasteiger partial charge on any atom is 0.104 e. The maximum absolute atomic E-state index is 4.04. The number of hydrogen-bond acceptors (Lipinski definition) is 4. The minimum atomic E-state index is -0.0900. The van der Waals surface area contributed by atoms with Crippen molar-refractivity contribution in [2.24, 2.45) is 5.92 Å². The van der Waals surface area contributed by atoms with E-state index < -0.39 is 0 Å². The van der Waals surface area contributed by atoms with Crippen LogP contribution in [0.2, 0.25) is 0 Å². The van der Waals surface area contributed by atoms with Crippen molar-refractivity contribution in [3.05, 3.63) is 201 Å².